The van der Waals surface area contributed by atoms with Gasteiger partial charge in [0.2, 0.25) is 0 Å². The van der Waals surface area contributed by atoms with Crippen LogP contribution >= 0.6 is 0 Å². The zero-order valence-electron chi connectivity index (χ0n) is 20.0. The highest BCUT2D eigenvalue weighted by molar-refractivity contribution is 6.41. The Morgan fingerprint density at radius 3 is 1.17 bits per heavy atom. The Balaban J connectivity index is 1.47. The Kier molecular flexibility index (Phi) is 9.33. The molecule has 0 aliphatic carbocycles. The van der Waals surface area contributed by atoms with E-state index in [0.717, 1.165) is 11.1 Å². The van der Waals surface area contributed by atoms with Crippen LogP contribution in [0.5, 0.6) is 11.5 Å². The second-order valence-electron chi connectivity index (χ2n) is 7.54. The van der Waals surface area contributed by atoms with Crippen molar-refractivity contribution in [2.45, 2.75) is 27.1 Å². The molecule has 8 nitrogen and oxygen atoms in total. The maximum atomic E-state index is 11.9. The van der Waals surface area contributed by atoms with Crippen molar-refractivity contribution in [1.82, 2.24) is 0 Å². The van der Waals surface area contributed by atoms with Crippen LogP contribution in [0.4, 0.5) is 0 Å². The van der Waals surface area contributed by atoms with Crippen LogP contribution in [0.1, 0.15) is 45.7 Å². The van der Waals surface area contributed by atoms with E-state index in [4.69, 9.17) is 18.9 Å². The molecule has 0 spiro atoms. The quantitative estimate of drug-likeness (QED) is 0.210. The smallest absolute Gasteiger partial charge is 0.379 e. The molecule has 0 N–H and O–H groups in total. The van der Waals surface area contributed by atoms with E-state index >= 15 is 0 Å². The van der Waals surface area contributed by atoms with Gasteiger partial charge in [0, 0.05) is 11.1 Å². The number of benzene rings is 3. The summed E-state index contributed by atoms with van der Waals surface area (Å²) in [6.45, 7) is 4.21. The summed E-state index contributed by atoms with van der Waals surface area (Å²) in [6.07, 6.45) is 0. The number of Topliss-reactive ketones (excluding diaryl/α,β-unsaturated/α-hetero) is 2. The molecule has 0 saturated heterocycles. The van der Waals surface area contributed by atoms with Gasteiger partial charge in [-0.15, -0.1) is 0 Å². The molecule has 8 heteroatoms. The van der Waals surface area contributed by atoms with Crippen molar-refractivity contribution >= 4 is 23.5 Å². The van der Waals surface area contributed by atoms with Crippen LogP contribution < -0.4 is 9.47 Å². The summed E-state index contributed by atoms with van der Waals surface area (Å²) in [5, 5.41) is 0. The lowest BCUT2D eigenvalue weighted by Gasteiger charge is -2.09. The van der Waals surface area contributed by atoms with Crippen molar-refractivity contribution in [3.05, 3.63) is 95.1 Å². The van der Waals surface area contributed by atoms with Crippen molar-refractivity contribution in [2.24, 2.45) is 0 Å². The Bertz CT molecular complexity index is 1100. The van der Waals surface area contributed by atoms with Crippen LogP contribution in [-0.4, -0.2) is 36.7 Å². The van der Waals surface area contributed by atoms with E-state index in [1.165, 1.54) is 24.3 Å². The van der Waals surface area contributed by atoms with E-state index in [0.29, 0.717) is 24.7 Å². The predicted molar refractivity (Wildman–Crippen MR) is 130 cm³/mol. The minimum absolute atomic E-state index is 0.143. The Hall–Kier alpha value is -4.46. The molecule has 0 unspecified atom stereocenters. The van der Waals surface area contributed by atoms with E-state index in [1.54, 1.807) is 38.1 Å². The standard InChI is InChI=1S/C28H26O8/c1-3-33-27(31)25(29)21-9-13-23(14-10-21)35-17-19-5-7-20(8-6-19)18-36-24-15-11-22(12-16-24)26(30)28(32)34-4-2/h5-16H,3-4,17-18H2,1-2H3. The van der Waals surface area contributed by atoms with Crippen molar-refractivity contribution < 1.29 is 38.1 Å². The molecule has 3 aromatic rings. The number of rotatable bonds is 12. The first-order valence-electron chi connectivity index (χ1n) is 11.4. The molecule has 0 aromatic heterocycles. The summed E-state index contributed by atoms with van der Waals surface area (Å²) < 4.78 is 20.9. The van der Waals surface area contributed by atoms with Gasteiger partial charge in [-0.05, 0) is 73.5 Å². The van der Waals surface area contributed by atoms with E-state index < -0.39 is 23.5 Å². The van der Waals surface area contributed by atoms with Gasteiger partial charge in [0.1, 0.15) is 24.7 Å². The number of ether oxygens (including phenoxy) is 4. The molecule has 36 heavy (non-hydrogen) atoms. The van der Waals surface area contributed by atoms with Gasteiger partial charge in [-0.25, -0.2) is 9.59 Å². The molecule has 0 bridgehead atoms. The summed E-state index contributed by atoms with van der Waals surface area (Å²) in [4.78, 5) is 46.9. The van der Waals surface area contributed by atoms with Crippen molar-refractivity contribution in [2.75, 3.05) is 13.2 Å². The first-order valence-corrected chi connectivity index (χ1v) is 11.4. The number of esters is 2. The third kappa shape index (κ3) is 7.27. The van der Waals surface area contributed by atoms with Gasteiger partial charge >= 0.3 is 11.9 Å². The molecule has 0 atom stereocenters. The second kappa shape index (κ2) is 12.9. The highest BCUT2D eigenvalue weighted by Crippen LogP contribution is 2.17. The fourth-order valence-corrected chi connectivity index (χ4v) is 3.10. The number of ketones is 2. The monoisotopic (exact) mass is 490 g/mol. The maximum Gasteiger partial charge on any atom is 0.379 e. The second-order valence-corrected chi connectivity index (χ2v) is 7.54. The van der Waals surface area contributed by atoms with E-state index in [-0.39, 0.29) is 24.3 Å². The number of hydrogen-bond acceptors (Lipinski definition) is 8. The SMILES string of the molecule is CCOC(=O)C(=O)c1ccc(OCc2ccc(COc3ccc(C(=O)C(=O)OCC)cc3)cc2)cc1. The first kappa shape index (κ1) is 26.2. The Labute approximate surface area is 208 Å². The summed E-state index contributed by atoms with van der Waals surface area (Å²) in [5.41, 5.74) is 2.36. The topological polar surface area (TPSA) is 105 Å². The molecular formula is C28H26O8. The van der Waals surface area contributed by atoms with Crippen LogP contribution in [0.25, 0.3) is 0 Å². The fourth-order valence-electron chi connectivity index (χ4n) is 3.10. The van der Waals surface area contributed by atoms with E-state index in [9.17, 15) is 19.2 Å². The zero-order chi connectivity index (χ0) is 25.9. The minimum atomic E-state index is -0.878. The molecule has 186 valence electrons. The van der Waals surface area contributed by atoms with Crippen molar-refractivity contribution in [1.29, 1.82) is 0 Å². The number of carbonyl (C=O) groups excluding carboxylic acids is 4. The largest absolute Gasteiger partial charge is 0.489 e. The lowest BCUT2D eigenvalue weighted by molar-refractivity contribution is -0.138. The highest BCUT2D eigenvalue weighted by atomic mass is 16.5. The molecule has 0 radical (unpaired) electrons. The minimum Gasteiger partial charge on any atom is -0.489 e. The first-order chi connectivity index (χ1) is 17.4. The van der Waals surface area contributed by atoms with Gasteiger partial charge in [-0.2, -0.15) is 0 Å². The lowest BCUT2D eigenvalue weighted by Crippen LogP contribution is -2.17. The molecule has 3 aromatic carbocycles. The summed E-state index contributed by atoms with van der Waals surface area (Å²) >= 11 is 0. The van der Waals surface area contributed by atoms with Crippen LogP contribution in [0.3, 0.4) is 0 Å². The Morgan fingerprint density at radius 1 is 0.528 bits per heavy atom. The molecule has 3 rings (SSSR count). The molecule has 0 amide bonds. The van der Waals surface area contributed by atoms with Gasteiger partial charge in [0.25, 0.3) is 11.6 Å². The van der Waals surface area contributed by atoms with Gasteiger partial charge in [-0.3, -0.25) is 9.59 Å². The summed E-state index contributed by atoms with van der Waals surface area (Å²) in [7, 11) is 0. The normalized spacial score (nSPS) is 10.3. The zero-order valence-corrected chi connectivity index (χ0v) is 20.0. The average Bonchev–Trinajstić information content (AvgIpc) is 2.91. The van der Waals surface area contributed by atoms with E-state index in [1.807, 2.05) is 24.3 Å². The van der Waals surface area contributed by atoms with Gasteiger partial charge in [0.15, 0.2) is 0 Å². The van der Waals surface area contributed by atoms with Crippen molar-refractivity contribution in [3.8, 4) is 11.5 Å². The van der Waals surface area contributed by atoms with Crippen LogP contribution in [-0.2, 0) is 32.3 Å². The van der Waals surface area contributed by atoms with Gasteiger partial charge in [-0.1, -0.05) is 24.3 Å². The van der Waals surface area contributed by atoms with Crippen molar-refractivity contribution in [3.63, 3.8) is 0 Å². The van der Waals surface area contributed by atoms with Crippen LogP contribution in [0.15, 0.2) is 72.8 Å². The molecule has 0 fully saturated rings. The van der Waals surface area contributed by atoms with Crippen LogP contribution in [0.2, 0.25) is 0 Å². The summed E-state index contributed by atoms with van der Waals surface area (Å²) in [5.74, 6) is -2.02. The third-order valence-electron chi connectivity index (χ3n) is 4.99. The average molecular weight is 491 g/mol. The Morgan fingerprint density at radius 2 is 0.861 bits per heavy atom. The highest BCUT2D eigenvalue weighted by Gasteiger charge is 2.18. The van der Waals surface area contributed by atoms with Gasteiger partial charge in [0.05, 0.1) is 13.2 Å². The van der Waals surface area contributed by atoms with Crippen LogP contribution in [0, 0.1) is 0 Å². The lowest BCUT2D eigenvalue weighted by atomic mass is 10.1. The summed E-state index contributed by atoms with van der Waals surface area (Å²) in [6, 6.07) is 20.3. The third-order valence-corrected chi connectivity index (χ3v) is 4.99. The maximum absolute atomic E-state index is 11.9. The number of hydrogen-bond donors (Lipinski definition) is 0. The fraction of sp³-hybridized carbons (Fsp3) is 0.214. The molecule has 0 saturated carbocycles. The number of carbonyl (C=O) groups is 4. The molecule has 0 aliphatic rings. The molecule has 0 aliphatic heterocycles. The predicted octanol–water partition coefficient (Wildman–Crippen LogP) is 4.34. The molecule has 0 heterocycles. The molecular weight excluding hydrogens is 464 g/mol. The van der Waals surface area contributed by atoms with E-state index in [2.05, 4.69) is 0 Å². The van der Waals surface area contributed by atoms with Gasteiger partial charge < -0.3 is 18.9 Å².